The Morgan fingerprint density at radius 2 is 2.15 bits per heavy atom. The van der Waals surface area contributed by atoms with E-state index in [1.807, 2.05) is 6.92 Å². The summed E-state index contributed by atoms with van der Waals surface area (Å²) in [6, 6.07) is 1.76. The van der Waals surface area contributed by atoms with E-state index in [1.54, 1.807) is 30.2 Å². The maximum absolute atomic E-state index is 12.2. The van der Waals surface area contributed by atoms with Gasteiger partial charge in [-0.15, -0.1) is 0 Å². The van der Waals surface area contributed by atoms with Gasteiger partial charge in [0.05, 0.1) is 18.4 Å². The summed E-state index contributed by atoms with van der Waals surface area (Å²) >= 11 is 0. The molecule has 1 fully saturated rings. The lowest BCUT2D eigenvalue weighted by Crippen LogP contribution is -2.44. The third-order valence-corrected chi connectivity index (χ3v) is 4.52. The maximum atomic E-state index is 12.2. The molecule has 0 radical (unpaired) electrons. The van der Waals surface area contributed by atoms with Crippen LogP contribution in [0.3, 0.4) is 0 Å². The highest BCUT2D eigenvalue weighted by molar-refractivity contribution is 5.92. The first-order chi connectivity index (χ1) is 13.0. The van der Waals surface area contributed by atoms with Crippen LogP contribution in [0, 0.1) is 12.8 Å². The number of aromatic nitrogens is 4. The summed E-state index contributed by atoms with van der Waals surface area (Å²) in [6.45, 7) is 4.37. The number of aryl methyl sites for hydroxylation is 2. The minimum Gasteiger partial charge on any atom is -0.350 e. The molecule has 3 rings (SSSR count). The number of carbonyl (C=O) groups excluding carboxylic acids is 2. The number of anilines is 1. The average molecular weight is 371 g/mol. The Morgan fingerprint density at radius 3 is 2.85 bits per heavy atom. The molecule has 1 aliphatic rings. The molecule has 2 aromatic rings. The zero-order valence-corrected chi connectivity index (χ0v) is 15.7. The number of amides is 2. The van der Waals surface area contributed by atoms with E-state index < -0.39 is 0 Å². The first-order valence-corrected chi connectivity index (χ1v) is 9.08. The lowest BCUT2D eigenvalue weighted by atomic mass is 9.98. The Hall–Kier alpha value is -2.81. The molecule has 1 atom stereocenters. The highest BCUT2D eigenvalue weighted by Gasteiger charge is 2.22. The number of nitrogens with one attached hydrogen (secondary N) is 2. The number of nitrogens with zero attached hydrogens (tertiary/aromatic N) is 5. The summed E-state index contributed by atoms with van der Waals surface area (Å²) in [4.78, 5) is 34.7. The van der Waals surface area contributed by atoms with Crippen molar-refractivity contribution in [3.63, 3.8) is 0 Å². The fourth-order valence-corrected chi connectivity index (χ4v) is 3.17. The molecule has 1 saturated heterocycles. The summed E-state index contributed by atoms with van der Waals surface area (Å²) in [5, 5.41) is 9.88. The van der Waals surface area contributed by atoms with Crippen LogP contribution in [-0.4, -0.2) is 62.6 Å². The average Bonchev–Trinajstić information content (AvgIpc) is 3.05. The van der Waals surface area contributed by atoms with E-state index >= 15 is 0 Å². The van der Waals surface area contributed by atoms with Gasteiger partial charge in [0.1, 0.15) is 5.69 Å². The number of hydrogen-bond donors (Lipinski definition) is 2. The van der Waals surface area contributed by atoms with Crippen molar-refractivity contribution in [3.8, 4) is 0 Å². The van der Waals surface area contributed by atoms with Gasteiger partial charge in [-0.3, -0.25) is 24.2 Å². The molecule has 27 heavy (non-hydrogen) atoms. The molecule has 0 aromatic carbocycles. The van der Waals surface area contributed by atoms with Crippen molar-refractivity contribution in [2.75, 3.05) is 31.5 Å². The van der Waals surface area contributed by atoms with E-state index in [2.05, 4.69) is 30.6 Å². The highest BCUT2D eigenvalue weighted by Crippen LogP contribution is 2.16. The zero-order valence-electron chi connectivity index (χ0n) is 15.7. The second kappa shape index (κ2) is 8.72. The minimum atomic E-state index is -0.215. The second-order valence-electron chi connectivity index (χ2n) is 6.92. The number of piperidine rings is 1. The van der Waals surface area contributed by atoms with E-state index in [4.69, 9.17) is 0 Å². The van der Waals surface area contributed by atoms with Crippen LogP contribution < -0.4 is 10.6 Å². The Bertz CT molecular complexity index is 787. The molecule has 2 aromatic heterocycles. The third-order valence-electron chi connectivity index (χ3n) is 4.52. The molecule has 2 N–H and O–H groups in total. The van der Waals surface area contributed by atoms with Gasteiger partial charge in [0.25, 0.3) is 5.91 Å². The Balaban J connectivity index is 1.44. The molecule has 144 valence electrons. The van der Waals surface area contributed by atoms with Gasteiger partial charge in [0, 0.05) is 38.6 Å². The maximum Gasteiger partial charge on any atom is 0.271 e. The normalized spacial score (nSPS) is 17.5. The van der Waals surface area contributed by atoms with Crippen LogP contribution in [0.1, 0.15) is 29.0 Å². The van der Waals surface area contributed by atoms with Gasteiger partial charge in [-0.2, -0.15) is 5.10 Å². The smallest absolute Gasteiger partial charge is 0.271 e. The van der Waals surface area contributed by atoms with Gasteiger partial charge in [0.2, 0.25) is 5.91 Å². The number of carbonyl (C=O) groups is 2. The fourth-order valence-electron chi connectivity index (χ4n) is 3.17. The fraction of sp³-hybridized carbons (Fsp3) is 0.500. The molecule has 0 bridgehead atoms. The van der Waals surface area contributed by atoms with E-state index in [0.717, 1.165) is 31.6 Å². The summed E-state index contributed by atoms with van der Waals surface area (Å²) in [5.74, 6) is 0.576. The first kappa shape index (κ1) is 19.0. The number of likely N-dealkylation sites (tertiary alicyclic amines) is 1. The van der Waals surface area contributed by atoms with E-state index in [1.165, 1.54) is 6.20 Å². The lowest BCUT2D eigenvalue weighted by molar-refractivity contribution is -0.117. The molecule has 0 spiro atoms. The summed E-state index contributed by atoms with van der Waals surface area (Å²) in [6.07, 6.45) is 6.88. The van der Waals surface area contributed by atoms with Crippen molar-refractivity contribution in [2.45, 2.75) is 19.8 Å². The molecule has 9 nitrogen and oxygen atoms in total. The van der Waals surface area contributed by atoms with E-state index in [9.17, 15) is 9.59 Å². The Labute approximate surface area is 158 Å². The monoisotopic (exact) mass is 371 g/mol. The van der Waals surface area contributed by atoms with E-state index in [0.29, 0.717) is 30.5 Å². The molecule has 3 heterocycles. The van der Waals surface area contributed by atoms with Crippen molar-refractivity contribution in [1.29, 1.82) is 0 Å². The van der Waals surface area contributed by atoms with Crippen molar-refractivity contribution in [1.82, 2.24) is 30.0 Å². The van der Waals surface area contributed by atoms with Crippen LogP contribution in [-0.2, 0) is 11.8 Å². The van der Waals surface area contributed by atoms with Crippen LogP contribution in [0.4, 0.5) is 5.82 Å². The van der Waals surface area contributed by atoms with E-state index in [-0.39, 0.29) is 11.8 Å². The van der Waals surface area contributed by atoms with Gasteiger partial charge >= 0.3 is 0 Å². The summed E-state index contributed by atoms with van der Waals surface area (Å²) in [5.41, 5.74) is 1.10. The van der Waals surface area contributed by atoms with Crippen LogP contribution >= 0.6 is 0 Å². The van der Waals surface area contributed by atoms with Crippen molar-refractivity contribution in [2.24, 2.45) is 13.0 Å². The predicted molar refractivity (Wildman–Crippen MR) is 100 cm³/mol. The van der Waals surface area contributed by atoms with Gasteiger partial charge in [0.15, 0.2) is 5.82 Å². The van der Waals surface area contributed by atoms with Crippen LogP contribution in [0.5, 0.6) is 0 Å². The molecular weight excluding hydrogens is 346 g/mol. The topological polar surface area (TPSA) is 105 Å². The first-order valence-electron chi connectivity index (χ1n) is 9.08. The standard InChI is InChI=1S/C18H25N7O2/c1-13-8-20-15(10-19-13)18(27)21-9-14-4-3-6-25(11-14)12-17(26)22-16-5-7-24(2)23-16/h5,7-8,10,14H,3-4,6,9,11-12H2,1-2H3,(H,21,27)(H,22,23,26). The van der Waals surface area contributed by atoms with Crippen molar-refractivity contribution >= 4 is 17.6 Å². The summed E-state index contributed by atoms with van der Waals surface area (Å²) in [7, 11) is 1.81. The third kappa shape index (κ3) is 5.58. The molecule has 1 unspecified atom stereocenters. The molecule has 2 amide bonds. The SMILES string of the molecule is Cc1cnc(C(=O)NCC2CCCN(CC(=O)Nc3ccn(C)n3)C2)cn1. The van der Waals surface area contributed by atoms with Crippen LogP contribution in [0.25, 0.3) is 0 Å². The molecule has 1 aliphatic heterocycles. The van der Waals surface area contributed by atoms with Gasteiger partial charge in [-0.25, -0.2) is 4.98 Å². The van der Waals surface area contributed by atoms with Gasteiger partial charge in [-0.05, 0) is 32.2 Å². The number of rotatable bonds is 6. The van der Waals surface area contributed by atoms with Crippen molar-refractivity contribution in [3.05, 3.63) is 36.0 Å². The summed E-state index contributed by atoms with van der Waals surface area (Å²) < 4.78 is 1.65. The highest BCUT2D eigenvalue weighted by atomic mass is 16.2. The Kier molecular flexibility index (Phi) is 6.12. The van der Waals surface area contributed by atoms with Gasteiger partial charge in [-0.1, -0.05) is 0 Å². The Morgan fingerprint density at radius 1 is 1.30 bits per heavy atom. The lowest BCUT2D eigenvalue weighted by Gasteiger charge is -2.32. The second-order valence-corrected chi connectivity index (χ2v) is 6.92. The largest absolute Gasteiger partial charge is 0.350 e. The molecule has 0 aliphatic carbocycles. The predicted octanol–water partition coefficient (Wildman–Crippen LogP) is 0.599. The molecular formula is C18H25N7O2. The van der Waals surface area contributed by atoms with Crippen LogP contribution in [0.15, 0.2) is 24.7 Å². The molecule has 0 saturated carbocycles. The zero-order chi connectivity index (χ0) is 19.2. The van der Waals surface area contributed by atoms with Crippen LogP contribution in [0.2, 0.25) is 0 Å². The molecule has 9 heteroatoms. The number of hydrogen-bond acceptors (Lipinski definition) is 6. The quantitative estimate of drug-likeness (QED) is 0.770. The van der Waals surface area contributed by atoms with Gasteiger partial charge < -0.3 is 10.6 Å². The minimum absolute atomic E-state index is 0.0756. The van der Waals surface area contributed by atoms with Crippen molar-refractivity contribution < 1.29 is 9.59 Å².